The zero-order valence-corrected chi connectivity index (χ0v) is 12.3. The number of benzene rings is 1. The summed E-state index contributed by atoms with van der Waals surface area (Å²) in [6.45, 7) is 3.11. The second-order valence-electron chi connectivity index (χ2n) is 4.71. The minimum atomic E-state index is -0.123. The first-order chi connectivity index (χ1) is 9.61. The van der Waals surface area contributed by atoms with E-state index in [2.05, 4.69) is 10.6 Å². The third-order valence-corrected chi connectivity index (χ3v) is 4.27. The number of amides is 2. The van der Waals surface area contributed by atoms with Crippen LogP contribution in [0.25, 0.3) is 0 Å². The van der Waals surface area contributed by atoms with Gasteiger partial charge in [-0.3, -0.25) is 9.59 Å². The second kappa shape index (κ2) is 6.76. The SMILES string of the molecule is CC1Sc2ccc(C(=O)NCCCCN)cc2NC1=O. The lowest BCUT2D eigenvalue weighted by molar-refractivity contribution is -0.115. The molecule has 1 atom stereocenters. The van der Waals surface area contributed by atoms with E-state index < -0.39 is 0 Å². The van der Waals surface area contributed by atoms with Gasteiger partial charge in [0, 0.05) is 17.0 Å². The largest absolute Gasteiger partial charge is 0.352 e. The Morgan fingerprint density at radius 3 is 3.00 bits per heavy atom. The number of carbonyl (C=O) groups excluding carboxylic acids is 2. The van der Waals surface area contributed by atoms with Gasteiger partial charge in [-0.1, -0.05) is 0 Å². The summed E-state index contributed by atoms with van der Waals surface area (Å²) in [5.74, 6) is -0.148. The van der Waals surface area contributed by atoms with Gasteiger partial charge in [0.1, 0.15) is 0 Å². The summed E-state index contributed by atoms with van der Waals surface area (Å²) < 4.78 is 0. The van der Waals surface area contributed by atoms with Crippen LogP contribution in [0, 0.1) is 0 Å². The smallest absolute Gasteiger partial charge is 0.251 e. The summed E-state index contributed by atoms with van der Waals surface area (Å²) in [5.41, 5.74) is 6.68. The molecule has 5 nitrogen and oxygen atoms in total. The molecule has 0 aliphatic carbocycles. The third kappa shape index (κ3) is 3.52. The fraction of sp³-hybridized carbons (Fsp3) is 0.429. The molecule has 1 unspecified atom stereocenters. The predicted octanol–water partition coefficient (Wildman–Crippen LogP) is 1.59. The predicted molar refractivity (Wildman–Crippen MR) is 81.0 cm³/mol. The molecule has 6 heteroatoms. The van der Waals surface area contributed by atoms with Crippen LogP contribution in [0.1, 0.15) is 30.1 Å². The molecule has 20 heavy (non-hydrogen) atoms. The van der Waals surface area contributed by atoms with Crippen molar-refractivity contribution in [3.05, 3.63) is 23.8 Å². The molecule has 0 bridgehead atoms. The molecule has 4 N–H and O–H groups in total. The van der Waals surface area contributed by atoms with E-state index in [0.717, 1.165) is 17.7 Å². The van der Waals surface area contributed by atoms with Gasteiger partial charge < -0.3 is 16.4 Å². The molecule has 0 spiro atoms. The number of hydrogen-bond donors (Lipinski definition) is 3. The number of thioether (sulfide) groups is 1. The summed E-state index contributed by atoms with van der Waals surface area (Å²) in [6.07, 6.45) is 1.77. The highest BCUT2D eigenvalue weighted by Crippen LogP contribution is 2.35. The van der Waals surface area contributed by atoms with Crippen molar-refractivity contribution >= 4 is 29.3 Å². The van der Waals surface area contributed by atoms with Crippen LogP contribution in [0.2, 0.25) is 0 Å². The molecule has 1 aliphatic rings. The Kier molecular flexibility index (Phi) is 5.03. The van der Waals surface area contributed by atoms with Crippen molar-refractivity contribution in [2.24, 2.45) is 5.73 Å². The highest BCUT2D eigenvalue weighted by Gasteiger charge is 2.23. The van der Waals surface area contributed by atoms with Gasteiger partial charge in [-0.25, -0.2) is 0 Å². The zero-order valence-electron chi connectivity index (χ0n) is 11.4. The van der Waals surface area contributed by atoms with Crippen LogP contribution < -0.4 is 16.4 Å². The lowest BCUT2D eigenvalue weighted by Gasteiger charge is -2.21. The average molecular weight is 293 g/mol. The van der Waals surface area contributed by atoms with E-state index in [-0.39, 0.29) is 17.1 Å². The molecular weight excluding hydrogens is 274 g/mol. The molecule has 0 saturated carbocycles. The van der Waals surface area contributed by atoms with Crippen molar-refractivity contribution in [1.29, 1.82) is 0 Å². The Balaban J connectivity index is 2.02. The molecule has 0 radical (unpaired) electrons. The maximum Gasteiger partial charge on any atom is 0.251 e. The van der Waals surface area contributed by atoms with Gasteiger partial charge in [0.15, 0.2) is 0 Å². The standard InChI is InChI=1S/C14H19N3O2S/c1-9-13(18)17-11-8-10(4-5-12(11)20-9)14(19)16-7-3-2-6-15/h4-5,8-9H,2-3,6-7,15H2,1H3,(H,16,19)(H,17,18). The van der Waals surface area contributed by atoms with Crippen molar-refractivity contribution in [1.82, 2.24) is 5.32 Å². The molecule has 1 aliphatic heterocycles. The summed E-state index contributed by atoms with van der Waals surface area (Å²) >= 11 is 1.51. The van der Waals surface area contributed by atoms with Crippen molar-refractivity contribution in [2.75, 3.05) is 18.4 Å². The monoisotopic (exact) mass is 293 g/mol. The van der Waals surface area contributed by atoms with E-state index in [9.17, 15) is 9.59 Å². The molecular formula is C14H19N3O2S. The van der Waals surface area contributed by atoms with E-state index in [0.29, 0.717) is 24.3 Å². The number of carbonyl (C=O) groups is 2. The van der Waals surface area contributed by atoms with Gasteiger partial charge in [-0.15, -0.1) is 11.8 Å². The fourth-order valence-corrected chi connectivity index (χ4v) is 2.85. The van der Waals surface area contributed by atoms with Crippen LogP contribution in [0.4, 0.5) is 5.69 Å². The lowest BCUT2D eigenvalue weighted by Crippen LogP contribution is -2.28. The van der Waals surface area contributed by atoms with Crippen LogP contribution in [0.3, 0.4) is 0 Å². The van der Waals surface area contributed by atoms with Crippen LogP contribution in [-0.2, 0) is 4.79 Å². The van der Waals surface area contributed by atoms with Crippen molar-refractivity contribution in [2.45, 2.75) is 29.9 Å². The molecule has 108 valence electrons. The van der Waals surface area contributed by atoms with Crippen molar-refractivity contribution in [3.8, 4) is 0 Å². The van der Waals surface area contributed by atoms with Gasteiger partial charge in [0.25, 0.3) is 5.91 Å². The number of nitrogens with one attached hydrogen (secondary N) is 2. The Bertz CT molecular complexity index is 519. The summed E-state index contributed by atoms with van der Waals surface area (Å²) in [6, 6.07) is 5.39. The molecule has 1 aromatic carbocycles. The number of hydrogen-bond acceptors (Lipinski definition) is 4. The Labute approximate surface area is 122 Å². The Morgan fingerprint density at radius 2 is 2.25 bits per heavy atom. The number of fused-ring (bicyclic) bond motifs is 1. The third-order valence-electron chi connectivity index (χ3n) is 3.09. The molecule has 1 aromatic rings. The minimum Gasteiger partial charge on any atom is -0.352 e. The Morgan fingerprint density at radius 1 is 1.45 bits per heavy atom. The van der Waals surface area contributed by atoms with Crippen LogP contribution in [0.5, 0.6) is 0 Å². The van der Waals surface area contributed by atoms with E-state index in [1.54, 1.807) is 12.1 Å². The average Bonchev–Trinajstić information content (AvgIpc) is 2.44. The van der Waals surface area contributed by atoms with Gasteiger partial charge in [-0.05, 0) is 44.5 Å². The van der Waals surface area contributed by atoms with E-state index in [1.165, 1.54) is 11.8 Å². The molecule has 0 fully saturated rings. The highest BCUT2D eigenvalue weighted by atomic mass is 32.2. The van der Waals surface area contributed by atoms with Gasteiger partial charge in [0.2, 0.25) is 5.91 Å². The van der Waals surface area contributed by atoms with E-state index in [4.69, 9.17) is 5.73 Å². The molecule has 2 rings (SSSR count). The first-order valence-electron chi connectivity index (χ1n) is 6.71. The lowest BCUT2D eigenvalue weighted by atomic mass is 10.1. The van der Waals surface area contributed by atoms with E-state index in [1.807, 2.05) is 13.0 Å². The number of unbranched alkanes of at least 4 members (excludes halogenated alkanes) is 1. The fourth-order valence-electron chi connectivity index (χ4n) is 1.92. The first kappa shape index (κ1) is 14.9. The first-order valence-corrected chi connectivity index (χ1v) is 7.59. The molecule has 2 amide bonds. The summed E-state index contributed by atoms with van der Waals surface area (Å²) in [4.78, 5) is 24.6. The van der Waals surface area contributed by atoms with Crippen molar-refractivity contribution in [3.63, 3.8) is 0 Å². The summed E-state index contributed by atoms with van der Waals surface area (Å²) in [7, 11) is 0. The number of rotatable bonds is 5. The topological polar surface area (TPSA) is 84.2 Å². The quantitative estimate of drug-likeness (QED) is 0.720. The number of nitrogens with two attached hydrogens (primary N) is 1. The van der Waals surface area contributed by atoms with Crippen LogP contribution >= 0.6 is 11.8 Å². The normalized spacial score (nSPS) is 17.3. The maximum atomic E-state index is 12.0. The summed E-state index contributed by atoms with van der Waals surface area (Å²) in [5, 5.41) is 5.57. The van der Waals surface area contributed by atoms with Crippen LogP contribution in [0.15, 0.2) is 23.1 Å². The van der Waals surface area contributed by atoms with E-state index >= 15 is 0 Å². The zero-order chi connectivity index (χ0) is 14.5. The number of anilines is 1. The van der Waals surface area contributed by atoms with Gasteiger partial charge >= 0.3 is 0 Å². The van der Waals surface area contributed by atoms with Crippen LogP contribution in [-0.4, -0.2) is 30.2 Å². The maximum absolute atomic E-state index is 12.0. The van der Waals surface area contributed by atoms with Gasteiger partial charge in [-0.2, -0.15) is 0 Å². The highest BCUT2D eigenvalue weighted by molar-refractivity contribution is 8.00. The minimum absolute atomic E-state index is 0.0250. The van der Waals surface area contributed by atoms with Crippen molar-refractivity contribution < 1.29 is 9.59 Å². The Hall–Kier alpha value is -1.53. The second-order valence-corrected chi connectivity index (χ2v) is 6.09. The van der Waals surface area contributed by atoms with Gasteiger partial charge in [0.05, 0.1) is 10.9 Å². The molecule has 1 heterocycles. The molecule has 0 aromatic heterocycles. The molecule has 0 saturated heterocycles.